The van der Waals surface area contributed by atoms with E-state index >= 15 is 0 Å². The van der Waals surface area contributed by atoms with Gasteiger partial charge in [0.15, 0.2) is 0 Å². The van der Waals surface area contributed by atoms with Crippen molar-refractivity contribution < 1.29 is 4.74 Å². The van der Waals surface area contributed by atoms with Crippen molar-refractivity contribution >= 4 is 26.5 Å². The summed E-state index contributed by atoms with van der Waals surface area (Å²) in [5, 5.41) is 0. The molecule has 1 aromatic rings. The monoisotopic (exact) mass is 544 g/mol. The van der Waals surface area contributed by atoms with Crippen molar-refractivity contribution in [1.29, 1.82) is 0 Å². The predicted octanol–water partition coefficient (Wildman–Crippen LogP) is 8.36. The molecule has 1 rings (SSSR count). The van der Waals surface area contributed by atoms with Gasteiger partial charge in [-0.1, -0.05) is 0 Å². The third kappa shape index (κ3) is 10.7. The Bertz CT molecular complexity index is 534. The Morgan fingerprint density at radius 1 is 0.900 bits per heavy atom. The third-order valence-electron chi connectivity index (χ3n) is 6.65. The fraction of sp³-hybridized carbons (Fsp3) is 0.880. The Balaban J connectivity index is 2.91. The molecule has 0 spiro atoms. The van der Waals surface area contributed by atoms with Crippen LogP contribution in [0.2, 0.25) is 37.4 Å². The molecular weight excluding hydrogens is 491 g/mol. The summed E-state index contributed by atoms with van der Waals surface area (Å²) in [6.45, 7) is 17.6. The average molecular weight is 544 g/mol. The summed E-state index contributed by atoms with van der Waals surface area (Å²) in [5.74, 6) is 1.13. The van der Waals surface area contributed by atoms with Crippen molar-refractivity contribution in [3.05, 3.63) is 17.7 Å². The summed E-state index contributed by atoms with van der Waals surface area (Å²) in [7, 11) is -1.39. The second-order valence-corrected chi connectivity index (χ2v) is 30.0. The first-order valence-electron chi connectivity index (χ1n) is 12.9. The molecule has 0 fully saturated rings. The fourth-order valence-corrected chi connectivity index (χ4v) is 29.7. The standard InChI is InChI=1S/C13H25N2OSi.3C4H9.Sn/c1-6-7-8-13-14-9-12(15-13)10-16-11(2)17(3,4)5;3*1-3-4-2;/h9,11H,2,6-8,10H2,1,3-5H3,(H,14,15);3*1,3-4H2,2H3;. The van der Waals surface area contributed by atoms with Crippen molar-refractivity contribution in [3.8, 4) is 0 Å². The van der Waals surface area contributed by atoms with Crippen molar-refractivity contribution in [3.63, 3.8) is 0 Å². The van der Waals surface area contributed by atoms with E-state index in [1.807, 2.05) is 6.20 Å². The molecule has 0 aliphatic carbocycles. The van der Waals surface area contributed by atoms with E-state index in [4.69, 9.17) is 4.74 Å². The van der Waals surface area contributed by atoms with Crippen LogP contribution < -0.4 is 0 Å². The molecule has 0 aliphatic rings. The normalized spacial score (nSPS) is 13.7. The first-order valence-corrected chi connectivity index (χ1v) is 24.6. The zero-order valence-corrected chi connectivity index (χ0v) is 25.3. The van der Waals surface area contributed by atoms with Crippen LogP contribution in [0.1, 0.15) is 90.6 Å². The number of aromatic amines is 1. The number of aryl methyl sites for hydroxylation is 1. The first-order chi connectivity index (χ1) is 14.3. The van der Waals surface area contributed by atoms with Gasteiger partial charge in [-0.25, -0.2) is 0 Å². The zero-order chi connectivity index (χ0) is 22.5. The number of rotatable bonds is 18. The number of hydrogen-bond acceptors (Lipinski definition) is 2. The number of ether oxygens (including phenoxy) is 1. The Labute approximate surface area is 193 Å². The molecule has 0 bridgehead atoms. The minimum atomic E-state index is -2.20. The predicted molar refractivity (Wildman–Crippen MR) is 139 cm³/mol. The number of hydrogen-bond donors (Lipinski definition) is 1. The quantitative estimate of drug-likeness (QED) is 0.189. The van der Waals surface area contributed by atoms with Crippen molar-refractivity contribution in [2.75, 3.05) is 0 Å². The summed E-state index contributed by atoms with van der Waals surface area (Å²) in [6.07, 6.45) is 13.9. The molecule has 1 unspecified atom stereocenters. The van der Waals surface area contributed by atoms with Gasteiger partial charge in [-0.2, -0.15) is 0 Å². The second-order valence-electron chi connectivity index (χ2n) is 10.6. The molecule has 0 aromatic carbocycles. The van der Waals surface area contributed by atoms with Gasteiger partial charge in [-0.3, -0.25) is 0 Å². The van der Waals surface area contributed by atoms with Gasteiger partial charge in [0.1, 0.15) is 0 Å². The molecule has 0 saturated carbocycles. The van der Waals surface area contributed by atoms with E-state index in [1.165, 1.54) is 61.5 Å². The van der Waals surface area contributed by atoms with Crippen molar-refractivity contribution in [2.24, 2.45) is 0 Å². The van der Waals surface area contributed by atoms with E-state index in [0.717, 1.165) is 12.2 Å². The summed E-state index contributed by atoms with van der Waals surface area (Å²) in [6, 6.07) is 0. The SMILES string of the molecule is CCCCc1ncc(COC([CH2][Sn]([CH2]CCC)([CH2]CCC)[CH2]CCC)[Si](C)(C)C)[nH]1. The number of nitrogens with one attached hydrogen (secondary N) is 1. The maximum atomic E-state index is 6.75. The number of aromatic nitrogens is 2. The third-order valence-corrected chi connectivity index (χ3v) is 25.8. The van der Waals surface area contributed by atoms with Crippen LogP contribution in [0.5, 0.6) is 0 Å². The number of unbranched alkanes of at least 4 members (excludes halogenated alkanes) is 4. The zero-order valence-electron chi connectivity index (χ0n) is 21.4. The van der Waals surface area contributed by atoms with Gasteiger partial charge in [0, 0.05) is 0 Å². The van der Waals surface area contributed by atoms with Gasteiger partial charge in [-0.05, 0) is 0 Å². The Morgan fingerprint density at radius 2 is 1.43 bits per heavy atom. The molecule has 30 heavy (non-hydrogen) atoms. The van der Waals surface area contributed by atoms with E-state index in [0.29, 0.717) is 12.3 Å². The Kier molecular flexibility index (Phi) is 14.2. The summed E-state index contributed by atoms with van der Waals surface area (Å²) >= 11 is -2.20. The minimum absolute atomic E-state index is 0.501. The topological polar surface area (TPSA) is 37.9 Å². The fourth-order valence-electron chi connectivity index (χ4n) is 4.49. The van der Waals surface area contributed by atoms with Crippen LogP contribution in [0.25, 0.3) is 0 Å². The Morgan fingerprint density at radius 3 is 1.90 bits per heavy atom. The van der Waals surface area contributed by atoms with Gasteiger partial charge in [0.05, 0.1) is 0 Å². The molecule has 5 heteroatoms. The van der Waals surface area contributed by atoms with E-state index in [-0.39, 0.29) is 0 Å². The van der Waals surface area contributed by atoms with Crippen LogP contribution in [0.3, 0.4) is 0 Å². The Hall–Kier alpha value is 0.186. The van der Waals surface area contributed by atoms with Crippen molar-refractivity contribution in [2.45, 2.75) is 135 Å². The molecule has 0 radical (unpaired) electrons. The molecular formula is C25H52N2OSiSn. The molecule has 1 N–H and O–H groups in total. The first kappa shape index (κ1) is 28.2. The second kappa shape index (κ2) is 15.1. The van der Waals surface area contributed by atoms with E-state index in [9.17, 15) is 0 Å². The maximum absolute atomic E-state index is 6.75. The molecule has 0 saturated heterocycles. The van der Waals surface area contributed by atoms with Gasteiger partial charge < -0.3 is 0 Å². The van der Waals surface area contributed by atoms with Gasteiger partial charge in [0.25, 0.3) is 0 Å². The molecule has 0 amide bonds. The van der Waals surface area contributed by atoms with E-state index in [2.05, 4.69) is 57.3 Å². The van der Waals surface area contributed by atoms with Gasteiger partial charge in [0.2, 0.25) is 0 Å². The molecule has 1 atom stereocenters. The van der Waals surface area contributed by atoms with Crippen LogP contribution in [-0.2, 0) is 17.8 Å². The molecule has 1 heterocycles. The van der Waals surface area contributed by atoms with Crippen molar-refractivity contribution in [1.82, 2.24) is 9.97 Å². The molecule has 0 aliphatic heterocycles. The molecule has 3 nitrogen and oxygen atoms in total. The number of H-pyrrole nitrogens is 1. The van der Waals surface area contributed by atoms with Crippen LogP contribution in [0.15, 0.2) is 6.20 Å². The van der Waals surface area contributed by atoms with Crippen LogP contribution in [0, 0.1) is 0 Å². The summed E-state index contributed by atoms with van der Waals surface area (Å²) in [4.78, 5) is 8.10. The average Bonchev–Trinajstić information content (AvgIpc) is 3.17. The van der Waals surface area contributed by atoms with Gasteiger partial charge in [-0.15, -0.1) is 0 Å². The van der Waals surface area contributed by atoms with E-state index in [1.54, 1.807) is 13.3 Å². The van der Waals surface area contributed by atoms with E-state index < -0.39 is 26.5 Å². The van der Waals surface area contributed by atoms with Crippen LogP contribution in [0.4, 0.5) is 0 Å². The summed E-state index contributed by atoms with van der Waals surface area (Å²) < 4.78 is 13.0. The van der Waals surface area contributed by atoms with Crippen LogP contribution in [-0.4, -0.2) is 42.1 Å². The van der Waals surface area contributed by atoms with Gasteiger partial charge >= 0.3 is 194 Å². The molecule has 176 valence electrons. The number of nitrogens with zero attached hydrogens (tertiary/aromatic N) is 1. The molecule has 1 aromatic heterocycles. The van der Waals surface area contributed by atoms with Crippen LogP contribution >= 0.6 is 0 Å². The number of imidazole rings is 1. The summed E-state index contributed by atoms with van der Waals surface area (Å²) in [5.41, 5.74) is 1.67.